The maximum atomic E-state index is 13.1. The number of hydrogen-bond donors (Lipinski definition) is 0. The van der Waals surface area contributed by atoms with E-state index >= 15 is 0 Å². The van der Waals surface area contributed by atoms with Gasteiger partial charge in [-0.05, 0) is 60.7 Å². The first-order valence-corrected chi connectivity index (χ1v) is 8.99. The van der Waals surface area contributed by atoms with E-state index in [-0.39, 0.29) is 17.4 Å². The predicted molar refractivity (Wildman–Crippen MR) is 107 cm³/mol. The van der Waals surface area contributed by atoms with Crippen LogP contribution in [0.15, 0.2) is 59.0 Å². The van der Waals surface area contributed by atoms with Gasteiger partial charge in [0.05, 0.1) is 24.8 Å². The smallest absolute Gasteiger partial charge is 0.189 e. The lowest BCUT2D eigenvalue weighted by atomic mass is 10.1. The Morgan fingerprint density at radius 2 is 1.86 bits per heavy atom. The van der Waals surface area contributed by atoms with E-state index in [0.29, 0.717) is 34.3 Å². The number of carbonyl (C=O) groups is 1. The first-order chi connectivity index (χ1) is 14.0. The standard InChI is InChI=1S/C22H18ClFO5/c1-26-16-7-10-21(27-2)18(12-16)20(25)8-6-15-4-5-17(29-15)13-28-22-9-3-14(24)11-19(22)23/h3-12H,13H2,1-2H3/b8-6+. The van der Waals surface area contributed by atoms with Crippen LogP contribution in [0.2, 0.25) is 5.02 Å². The molecular weight excluding hydrogens is 399 g/mol. The highest BCUT2D eigenvalue weighted by molar-refractivity contribution is 6.32. The molecule has 150 valence electrons. The van der Waals surface area contributed by atoms with Crippen LogP contribution in [-0.2, 0) is 6.61 Å². The molecule has 0 amide bonds. The van der Waals surface area contributed by atoms with E-state index in [0.717, 1.165) is 0 Å². The van der Waals surface area contributed by atoms with Gasteiger partial charge in [-0.3, -0.25) is 4.79 Å². The van der Waals surface area contributed by atoms with E-state index in [9.17, 15) is 9.18 Å². The minimum Gasteiger partial charge on any atom is -0.497 e. The zero-order valence-corrected chi connectivity index (χ0v) is 16.5. The van der Waals surface area contributed by atoms with Crippen molar-refractivity contribution in [2.45, 2.75) is 6.61 Å². The van der Waals surface area contributed by atoms with Gasteiger partial charge in [0.1, 0.15) is 41.2 Å². The molecule has 29 heavy (non-hydrogen) atoms. The number of hydrogen-bond acceptors (Lipinski definition) is 5. The monoisotopic (exact) mass is 416 g/mol. The van der Waals surface area contributed by atoms with Gasteiger partial charge >= 0.3 is 0 Å². The van der Waals surface area contributed by atoms with E-state index in [1.54, 1.807) is 36.4 Å². The predicted octanol–water partition coefficient (Wildman–Crippen LogP) is 5.56. The molecule has 0 N–H and O–H groups in total. The van der Waals surface area contributed by atoms with Crippen LogP contribution >= 0.6 is 11.6 Å². The van der Waals surface area contributed by atoms with E-state index in [1.807, 2.05) is 0 Å². The highest BCUT2D eigenvalue weighted by Gasteiger charge is 2.12. The fourth-order valence-electron chi connectivity index (χ4n) is 2.56. The van der Waals surface area contributed by atoms with E-state index in [1.165, 1.54) is 38.5 Å². The van der Waals surface area contributed by atoms with Gasteiger partial charge in [0, 0.05) is 0 Å². The molecule has 3 rings (SSSR count). The Morgan fingerprint density at radius 1 is 1.07 bits per heavy atom. The van der Waals surface area contributed by atoms with Gasteiger partial charge in [0.25, 0.3) is 0 Å². The normalized spacial score (nSPS) is 10.9. The topological polar surface area (TPSA) is 57.9 Å². The first kappa shape index (κ1) is 20.5. The van der Waals surface area contributed by atoms with Crippen molar-refractivity contribution in [2.75, 3.05) is 14.2 Å². The summed E-state index contributed by atoms with van der Waals surface area (Å²) in [6.45, 7) is 0.108. The summed E-state index contributed by atoms with van der Waals surface area (Å²) in [5.74, 6) is 1.66. The Labute approximate surface area is 172 Å². The summed E-state index contributed by atoms with van der Waals surface area (Å²) < 4.78 is 34.6. The van der Waals surface area contributed by atoms with Gasteiger partial charge in [-0.15, -0.1) is 0 Å². The number of allylic oxidation sites excluding steroid dienone is 1. The van der Waals surface area contributed by atoms with Crippen molar-refractivity contribution in [3.8, 4) is 17.2 Å². The molecule has 0 saturated heterocycles. The number of halogens is 2. The lowest BCUT2D eigenvalue weighted by Crippen LogP contribution is -1.99. The summed E-state index contributed by atoms with van der Waals surface area (Å²) >= 11 is 5.93. The molecular formula is C22H18ClFO5. The number of ketones is 1. The molecule has 3 aromatic rings. The summed E-state index contributed by atoms with van der Waals surface area (Å²) in [5.41, 5.74) is 0.379. The fourth-order valence-corrected chi connectivity index (χ4v) is 2.78. The number of methoxy groups -OCH3 is 2. The van der Waals surface area contributed by atoms with Crippen molar-refractivity contribution < 1.29 is 27.8 Å². The number of furan rings is 1. The summed E-state index contributed by atoms with van der Waals surface area (Å²) in [6.07, 6.45) is 2.94. The Bertz CT molecular complexity index is 1040. The average Bonchev–Trinajstić information content (AvgIpc) is 3.18. The lowest BCUT2D eigenvalue weighted by molar-refractivity contribution is 0.104. The molecule has 0 atom stereocenters. The summed E-state index contributed by atoms with van der Waals surface area (Å²) in [4.78, 5) is 12.5. The third-order valence-electron chi connectivity index (χ3n) is 4.02. The second kappa shape index (κ2) is 9.30. The van der Waals surface area contributed by atoms with E-state index < -0.39 is 5.82 Å². The Kier molecular flexibility index (Phi) is 6.57. The van der Waals surface area contributed by atoms with Crippen LogP contribution in [0.3, 0.4) is 0 Å². The van der Waals surface area contributed by atoms with Gasteiger partial charge in [-0.2, -0.15) is 0 Å². The van der Waals surface area contributed by atoms with Crippen molar-refractivity contribution in [1.29, 1.82) is 0 Å². The molecule has 0 unspecified atom stereocenters. The van der Waals surface area contributed by atoms with Crippen LogP contribution in [0.1, 0.15) is 21.9 Å². The minimum absolute atomic E-state index is 0.108. The third kappa shape index (κ3) is 5.18. The molecule has 2 aromatic carbocycles. The molecule has 1 heterocycles. The van der Waals surface area contributed by atoms with Crippen LogP contribution in [-0.4, -0.2) is 20.0 Å². The number of carbonyl (C=O) groups excluding carboxylic acids is 1. The largest absolute Gasteiger partial charge is 0.497 e. The second-order valence-electron chi connectivity index (χ2n) is 5.93. The molecule has 5 nitrogen and oxygen atoms in total. The summed E-state index contributed by atoms with van der Waals surface area (Å²) in [6, 6.07) is 12.3. The molecule has 0 saturated carbocycles. The average molecular weight is 417 g/mol. The molecule has 0 spiro atoms. The van der Waals surface area contributed by atoms with Crippen LogP contribution in [0.25, 0.3) is 6.08 Å². The Morgan fingerprint density at radius 3 is 2.59 bits per heavy atom. The van der Waals surface area contributed by atoms with Crippen molar-refractivity contribution >= 4 is 23.5 Å². The van der Waals surface area contributed by atoms with Gasteiger partial charge in [-0.25, -0.2) is 4.39 Å². The molecule has 0 aliphatic heterocycles. The third-order valence-corrected chi connectivity index (χ3v) is 4.31. The molecule has 0 aliphatic carbocycles. The maximum Gasteiger partial charge on any atom is 0.189 e. The maximum absolute atomic E-state index is 13.1. The van der Waals surface area contributed by atoms with Crippen LogP contribution in [0.5, 0.6) is 17.2 Å². The van der Waals surface area contributed by atoms with Gasteiger partial charge in [0.15, 0.2) is 5.78 Å². The Hall–Kier alpha value is -3.25. The highest BCUT2D eigenvalue weighted by Crippen LogP contribution is 2.27. The second-order valence-corrected chi connectivity index (χ2v) is 6.34. The fraction of sp³-hybridized carbons (Fsp3) is 0.136. The molecule has 0 aliphatic rings. The summed E-state index contributed by atoms with van der Waals surface area (Å²) in [7, 11) is 3.02. The molecule has 1 aromatic heterocycles. The molecule has 0 bridgehead atoms. The Balaban J connectivity index is 1.66. The van der Waals surface area contributed by atoms with E-state index in [4.69, 9.17) is 30.2 Å². The van der Waals surface area contributed by atoms with E-state index in [2.05, 4.69) is 0 Å². The van der Waals surface area contributed by atoms with Crippen molar-refractivity contribution in [3.63, 3.8) is 0 Å². The number of benzene rings is 2. The van der Waals surface area contributed by atoms with Gasteiger partial charge in [-0.1, -0.05) is 11.6 Å². The SMILES string of the molecule is COc1ccc(OC)c(C(=O)/C=C/c2ccc(COc3ccc(F)cc3Cl)o2)c1. The minimum atomic E-state index is -0.440. The summed E-state index contributed by atoms with van der Waals surface area (Å²) in [5, 5.41) is 0.175. The van der Waals surface area contributed by atoms with Gasteiger partial charge < -0.3 is 18.6 Å². The molecule has 7 heteroatoms. The van der Waals surface area contributed by atoms with Crippen LogP contribution in [0.4, 0.5) is 4.39 Å². The van der Waals surface area contributed by atoms with Crippen molar-refractivity contribution in [1.82, 2.24) is 0 Å². The zero-order chi connectivity index (χ0) is 20.8. The lowest BCUT2D eigenvalue weighted by Gasteiger charge is -2.07. The molecule has 0 radical (unpaired) electrons. The highest BCUT2D eigenvalue weighted by atomic mass is 35.5. The first-order valence-electron chi connectivity index (χ1n) is 8.61. The number of ether oxygens (including phenoxy) is 3. The van der Waals surface area contributed by atoms with Gasteiger partial charge in [0.2, 0.25) is 0 Å². The van der Waals surface area contributed by atoms with Crippen molar-refractivity contribution in [2.24, 2.45) is 0 Å². The molecule has 0 fully saturated rings. The quantitative estimate of drug-likeness (QED) is 0.355. The van der Waals surface area contributed by atoms with Crippen LogP contribution in [0, 0.1) is 5.82 Å². The van der Waals surface area contributed by atoms with Crippen LogP contribution < -0.4 is 14.2 Å². The number of rotatable bonds is 8. The van der Waals surface area contributed by atoms with Crippen molar-refractivity contribution in [3.05, 3.63) is 82.5 Å². The zero-order valence-electron chi connectivity index (χ0n) is 15.8.